The Balaban J connectivity index is 2.03. The predicted molar refractivity (Wildman–Crippen MR) is 74.4 cm³/mol. The molecule has 1 aliphatic rings. The maximum atomic E-state index is 12.1. The fourth-order valence-electron chi connectivity index (χ4n) is 2.03. The number of aromatic nitrogens is 1. The van der Waals surface area contributed by atoms with E-state index in [1.165, 1.54) is 0 Å². The van der Waals surface area contributed by atoms with Crippen molar-refractivity contribution in [3.8, 4) is 0 Å². The van der Waals surface area contributed by atoms with Crippen LogP contribution in [0, 0.1) is 0 Å². The second kappa shape index (κ2) is 5.99. The summed E-state index contributed by atoms with van der Waals surface area (Å²) in [5.74, 6) is 0.112. The lowest BCUT2D eigenvalue weighted by molar-refractivity contribution is -0.132. The highest BCUT2D eigenvalue weighted by Crippen LogP contribution is 2.19. The van der Waals surface area contributed by atoms with Crippen molar-refractivity contribution in [2.75, 3.05) is 13.6 Å². The van der Waals surface area contributed by atoms with Gasteiger partial charge in [-0.05, 0) is 47.4 Å². The molecule has 1 aromatic rings. The van der Waals surface area contributed by atoms with Crippen LogP contribution in [0.15, 0.2) is 16.6 Å². The van der Waals surface area contributed by atoms with E-state index in [2.05, 4.69) is 26.2 Å². The summed E-state index contributed by atoms with van der Waals surface area (Å²) < 4.78 is 0.867. The summed E-state index contributed by atoms with van der Waals surface area (Å²) in [6.45, 7) is 1.38. The van der Waals surface area contributed by atoms with Gasteiger partial charge in [0.15, 0.2) is 0 Å². The smallest absolute Gasteiger partial charge is 0.239 e. The lowest BCUT2D eigenvalue weighted by Crippen LogP contribution is -2.41. The van der Waals surface area contributed by atoms with Crippen molar-refractivity contribution in [3.63, 3.8) is 0 Å². The first kappa shape index (κ1) is 13.8. The molecule has 1 saturated heterocycles. The van der Waals surface area contributed by atoms with Gasteiger partial charge in [0.2, 0.25) is 5.91 Å². The summed E-state index contributed by atoms with van der Waals surface area (Å²) >= 11 is 9.28. The molecule has 0 saturated carbocycles. The molecule has 1 aromatic heterocycles. The average molecular weight is 333 g/mol. The number of carbonyl (C=O) groups is 1. The van der Waals surface area contributed by atoms with Gasteiger partial charge in [0.05, 0.1) is 18.3 Å². The molecule has 2 heterocycles. The normalized spacial score (nSPS) is 18.9. The van der Waals surface area contributed by atoms with E-state index < -0.39 is 0 Å². The van der Waals surface area contributed by atoms with Crippen molar-refractivity contribution >= 4 is 33.4 Å². The fourth-order valence-corrected chi connectivity index (χ4v) is 2.54. The molecule has 1 fully saturated rings. The largest absolute Gasteiger partial charge is 0.338 e. The van der Waals surface area contributed by atoms with Crippen LogP contribution in [-0.2, 0) is 11.3 Å². The van der Waals surface area contributed by atoms with Gasteiger partial charge in [-0.25, -0.2) is 4.98 Å². The van der Waals surface area contributed by atoms with Crippen LogP contribution in [0.2, 0.25) is 5.15 Å². The van der Waals surface area contributed by atoms with Crippen LogP contribution in [-0.4, -0.2) is 35.4 Å². The Labute approximate surface area is 120 Å². The number of carbonyl (C=O) groups excluding carboxylic acids is 1. The molecule has 0 spiro atoms. The molecule has 0 aliphatic carbocycles. The van der Waals surface area contributed by atoms with Crippen LogP contribution in [0.3, 0.4) is 0 Å². The molecule has 1 amide bonds. The van der Waals surface area contributed by atoms with Crippen molar-refractivity contribution in [1.82, 2.24) is 15.2 Å². The quantitative estimate of drug-likeness (QED) is 0.863. The number of rotatable bonds is 3. The van der Waals surface area contributed by atoms with Gasteiger partial charge in [0, 0.05) is 11.5 Å². The Morgan fingerprint density at radius 3 is 3.11 bits per heavy atom. The highest BCUT2D eigenvalue weighted by atomic mass is 79.9. The third kappa shape index (κ3) is 3.22. The molecule has 0 unspecified atom stereocenters. The number of amides is 1. The fraction of sp³-hybridized carbons (Fsp3) is 0.500. The van der Waals surface area contributed by atoms with Crippen molar-refractivity contribution < 1.29 is 4.79 Å². The highest BCUT2D eigenvalue weighted by Gasteiger charge is 2.25. The Hall–Kier alpha value is -0.650. The molecule has 1 atom stereocenters. The first-order chi connectivity index (χ1) is 8.58. The number of halogens is 2. The number of hydrogen-bond donors (Lipinski definition) is 1. The summed E-state index contributed by atoms with van der Waals surface area (Å²) in [6, 6.07) is 3.51. The molecule has 0 aromatic carbocycles. The van der Waals surface area contributed by atoms with E-state index in [1.54, 1.807) is 18.0 Å². The van der Waals surface area contributed by atoms with Gasteiger partial charge in [0.25, 0.3) is 0 Å². The molecule has 4 nitrogen and oxygen atoms in total. The summed E-state index contributed by atoms with van der Waals surface area (Å²) in [6.07, 6.45) is 1.97. The topological polar surface area (TPSA) is 45.2 Å². The Kier molecular flexibility index (Phi) is 4.59. The van der Waals surface area contributed by atoms with Crippen molar-refractivity contribution in [1.29, 1.82) is 0 Å². The summed E-state index contributed by atoms with van der Waals surface area (Å²) in [4.78, 5) is 18.0. The van der Waals surface area contributed by atoms with Crippen molar-refractivity contribution in [3.05, 3.63) is 27.5 Å². The molecule has 0 bridgehead atoms. The van der Waals surface area contributed by atoms with E-state index in [1.807, 2.05) is 6.07 Å². The van der Waals surface area contributed by atoms with Crippen LogP contribution in [0.1, 0.15) is 18.5 Å². The first-order valence-electron chi connectivity index (χ1n) is 5.87. The van der Waals surface area contributed by atoms with E-state index in [-0.39, 0.29) is 11.9 Å². The summed E-state index contributed by atoms with van der Waals surface area (Å²) in [5.41, 5.74) is 0.774. The first-order valence-corrected chi connectivity index (χ1v) is 7.04. The Morgan fingerprint density at radius 2 is 2.44 bits per heavy atom. The van der Waals surface area contributed by atoms with Crippen LogP contribution in [0.4, 0.5) is 0 Å². The lowest BCUT2D eigenvalue weighted by atomic mass is 10.2. The number of nitrogens with zero attached hydrogens (tertiary/aromatic N) is 2. The van der Waals surface area contributed by atoms with Crippen LogP contribution >= 0.6 is 27.5 Å². The summed E-state index contributed by atoms with van der Waals surface area (Å²) in [5, 5.41) is 3.64. The average Bonchev–Trinajstić information content (AvgIpc) is 2.86. The molecular weight excluding hydrogens is 318 g/mol. The van der Waals surface area contributed by atoms with Crippen LogP contribution in [0.25, 0.3) is 0 Å². The van der Waals surface area contributed by atoms with E-state index >= 15 is 0 Å². The van der Waals surface area contributed by atoms with Gasteiger partial charge in [0.1, 0.15) is 5.15 Å². The second-order valence-electron chi connectivity index (χ2n) is 4.41. The molecule has 2 rings (SSSR count). The van der Waals surface area contributed by atoms with E-state index in [4.69, 9.17) is 11.6 Å². The van der Waals surface area contributed by atoms with E-state index in [0.29, 0.717) is 11.7 Å². The number of hydrogen-bond acceptors (Lipinski definition) is 3. The highest BCUT2D eigenvalue weighted by molar-refractivity contribution is 9.10. The van der Waals surface area contributed by atoms with Crippen LogP contribution < -0.4 is 5.32 Å². The third-order valence-corrected chi connectivity index (χ3v) is 3.94. The molecule has 18 heavy (non-hydrogen) atoms. The minimum Gasteiger partial charge on any atom is -0.338 e. The molecule has 1 N–H and O–H groups in total. The second-order valence-corrected chi connectivity index (χ2v) is 5.65. The van der Waals surface area contributed by atoms with Crippen molar-refractivity contribution in [2.45, 2.75) is 25.4 Å². The maximum Gasteiger partial charge on any atom is 0.239 e. The van der Waals surface area contributed by atoms with E-state index in [0.717, 1.165) is 29.6 Å². The zero-order chi connectivity index (χ0) is 13.1. The van der Waals surface area contributed by atoms with Gasteiger partial charge in [-0.1, -0.05) is 11.6 Å². The van der Waals surface area contributed by atoms with Crippen molar-refractivity contribution in [2.24, 2.45) is 0 Å². The molecule has 0 radical (unpaired) electrons. The zero-order valence-electron chi connectivity index (χ0n) is 10.1. The standard InChI is InChI=1S/C12H15BrClN3O/c1-17(12(18)9-3-2-6-15-9)7-10-8(13)4-5-11(14)16-10/h4-5,9,15H,2-3,6-7H2,1H3/t9-/m0/s1. The van der Waals surface area contributed by atoms with Crippen LogP contribution in [0.5, 0.6) is 0 Å². The van der Waals surface area contributed by atoms with E-state index in [9.17, 15) is 4.79 Å². The van der Waals surface area contributed by atoms with Gasteiger partial charge in [-0.2, -0.15) is 0 Å². The monoisotopic (exact) mass is 331 g/mol. The zero-order valence-corrected chi connectivity index (χ0v) is 12.5. The number of pyridine rings is 1. The van der Waals surface area contributed by atoms with Gasteiger partial charge >= 0.3 is 0 Å². The predicted octanol–water partition coefficient (Wildman–Crippen LogP) is 2.21. The molecule has 6 heteroatoms. The maximum absolute atomic E-state index is 12.1. The van der Waals surface area contributed by atoms with Gasteiger partial charge in [-0.15, -0.1) is 0 Å². The van der Waals surface area contributed by atoms with Gasteiger partial charge in [-0.3, -0.25) is 4.79 Å². The minimum absolute atomic E-state index is 0.0482. The SMILES string of the molecule is CN(Cc1nc(Cl)ccc1Br)C(=O)[C@@H]1CCCN1. The third-order valence-electron chi connectivity index (χ3n) is 3.01. The molecule has 98 valence electrons. The minimum atomic E-state index is -0.0482. The number of nitrogens with one attached hydrogen (secondary N) is 1. The molecule has 1 aliphatic heterocycles. The number of likely N-dealkylation sites (N-methyl/N-ethyl adjacent to an activating group) is 1. The molecular formula is C12H15BrClN3O. The Bertz CT molecular complexity index is 449. The lowest BCUT2D eigenvalue weighted by Gasteiger charge is -2.21. The Morgan fingerprint density at radius 1 is 1.67 bits per heavy atom. The summed E-state index contributed by atoms with van der Waals surface area (Å²) in [7, 11) is 1.79. The van der Waals surface area contributed by atoms with Gasteiger partial charge < -0.3 is 10.2 Å².